The summed E-state index contributed by atoms with van der Waals surface area (Å²) in [6.07, 6.45) is 0. The van der Waals surface area contributed by atoms with Crippen LogP contribution in [0.1, 0.15) is 18.1 Å². The van der Waals surface area contributed by atoms with Crippen LogP contribution in [-0.4, -0.2) is 6.61 Å². The van der Waals surface area contributed by atoms with Crippen molar-refractivity contribution in [2.45, 2.75) is 20.0 Å². The molecule has 0 radical (unpaired) electrons. The average molecular weight is 320 g/mol. The Kier molecular flexibility index (Phi) is 5.43. The van der Waals surface area contributed by atoms with Crippen LogP contribution in [0.3, 0.4) is 0 Å². The first-order valence-electron chi connectivity index (χ1n) is 6.45. The summed E-state index contributed by atoms with van der Waals surface area (Å²) >= 11 is 3.44. The van der Waals surface area contributed by atoms with Gasteiger partial charge >= 0.3 is 0 Å². The van der Waals surface area contributed by atoms with E-state index in [4.69, 9.17) is 4.74 Å². The van der Waals surface area contributed by atoms with Gasteiger partial charge in [0.2, 0.25) is 0 Å². The summed E-state index contributed by atoms with van der Waals surface area (Å²) in [5.41, 5.74) is 2.52. The summed E-state index contributed by atoms with van der Waals surface area (Å²) in [6.45, 7) is 4.41. The fourth-order valence-corrected chi connectivity index (χ4v) is 2.13. The summed E-state index contributed by atoms with van der Waals surface area (Å²) in [4.78, 5) is 0. The maximum atomic E-state index is 5.49. The smallest absolute Gasteiger partial charge is 0.119 e. The highest BCUT2D eigenvalue weighted by Crippen LogP contribution is 2.14. The average Bonchev–Trinajstić information content (AvgIpc) is 2.42. The molecule has 0 aliphatic carbocycles. The molecule has 0 atom stereocenters. The van der Waals surface area contributed by atoms with E-state index in [1.807, 2.05) is 19.1 Å². The van der Waals surface area contributed by atoms with Crippen LogP contribution in [0, 0.1) is 0 Å². The fourth-order valence-electron chi connectivity index (χ4n) is 1.87. The number of benzene rings is 2. The van der Waals surface area contributed by atoms with Crippen LogP contribution in [0.2, 0.25) is 0 Å². The first kappa shape index (κ1) is 14.1. The molecule has 19 heavy (non-hydrogen) atoms. The molecule has 0 aromatic heterocycles. The highest BCUT2D eigenvalue weighted by Gasteiger charge is 1.97. The molecule has 0 heterocycles. The molecule has 0 fully saturated rings. The lowest BCUT2D eigenvalue weighted by Gasteiger charge is -2.08. The van der Waals surface area contributed by atoms with E-state index in [-0.39, 0.29) is 0 Å². The van der Waals surface area contributed by atoms with Gasteiger partial charge in [0.1, 0.15) is 5.75 Å². The standard InChI is InChI=1S/C16H18BrNO/c1-2-19-16-5-3-4-14(10-16)12-18-11-13-6-8-15(17)9-7-13/h3-10,18H,2,11-12H2,1H3. The third-order valence-electron chi connectivity index (χ3n) is 2.78. The van der Waals surface area contributed by atoms with Gasteiger partial charge < -0.3 is 10.1 Å². The number of hydrogen-bond acceptors (Lipinski definition) is 2. The summed E-state index contributed by atoms with van der Waals surface area (Å²) in [7, 11) is 0. The van der Waals surface area contributed by atoms with Crippen LogP contribution in [0.25, 0.3) is 0 Å². The zero-order valence-corrected chi connectivity index (χ0v) is 12.6. The Hall–Kier alpha value is -1.32. The van der Waals surface area contributed by atoms with E-state index in [1.165, 1.54) is 11.1 Å². The SMILES string of the molecule is CCOc1cccc(CNCc2ccc(Br)cc2)c1. The van der Waals surface area contributed by atoms with Gasteiger partial charge in [0, 0.05) is 17.6 Å². The van der Waals surface area contributed by atoms with Gasteiger partial charge in [-0.2, -0.15) is 0 Å². The van der Waals surface area contributed by atoms with Crippen LogP contribution in [0.4, 0.5) is 0 Å². The maximum Gasteiger partial charge on any atom is 0.119 e. The topological polar surface area (TPSA) is 21.3 Å². The van der Waals surface area contributed by atoms with Crippen LogP contribution in [-0.2, 0) is 13.1 Å². The molecule has 0 aliphatic rings. The quantitative estimate of drug-likeness (QED) is 0.864. The van der Waals surface area contributed by atoms with E-state index in [2.05, 4.69) is 57.6 Å². The number of rotatable bonds is 6. The Morgan fingerprint density at radius 2 is 1.74 bits per heavy atom. The molecule has 0 spiro atoms. The minimum absolute atomic E-state index is 0.704. The summed E-state index contributed by atoms with van der Waals surface area (Å²) in [5.74, 6) is 0.936. The normalized spacial score (nSPS) is 10.4. The summed E-state index contributed by atoms with van der Waals surface area (Å²) < 4.78 is 6.60. The minimum atomic E-state index is 0.704. The van der Waals surface area contributed by atoms with E-state index < -0.39 is 0 Å². The fraction of sp³-hybridized carbons (Fsp3) is 0.250. The lowest BCUT2D eigenvalue weighted by molar-refractivity contribution is 0.340. The molecule has 0 saturated heterocycles. The zero-order valence-electron chi connectivity index (χ0n) is 11.0. The first-order valence-corrected chi connectivity index (χ1v) is 7.24. The third-order valence-corrected chi connectivity index (χ3v) is 3.31. The van der Waals surface area contributed by atoms with E-state index in [0.717, 1.165) is 23.3 Å². The third kappa shape index (κ3) is 4.69. The molecule has 3 heteroatoms. The van der Waals surface area contributed by atoms with E-state index in [1.54, 1.807) is 0 Å². The molecule has 0 amide bonds. The molecule has 2 aromatic rings. The monoisotopic (exact) mass is 319 g/mol. The Morgan fingerprint density at radius 1 is 1.00 bits per heavy atom. The second-order valence-electron chi connectivity index (χ2n) is 4.31. The molecule has 100 valence electrons. The minimum Gasteiger partial charge on any atom is -0.494 e. The predicted octanol–water partition coefficient (Wildman–Crippen LogP) is 4.14. The molecule has 2 rings (SSSR count). The van der Waals surface area contributed by atoms with Gasteiger partial charge in [-0.25, -0.2) is 0 Å². The molecule has 1 N–H and O–H groups in total. The van der Waals surface area contributed by atoms with Gasteiger partial charge in [0.05, 0.1) is 6.61 Å². The second kappa shape index (κ2) is 7.31. The highest BCUT2D eigenvalue weighted by atomic mass is 79.9. The largest absolute Gasteiger partial charge is 0.494 e. The van der Waals surface area contributed by atoms with Crippen molar-refractivity contribution in [1.82, 2.24) is 5.32 Å². The van der Waals surface area contributed by atoms with Crippen molar-refractivity contribution in [3.8, 4) is 5.75 Å². The van der Waals surface area contributed by atoms with E-state index in [0.29, 0.717) is 6.61 Å². The molecule has 0 saturated carbocycles. The number of nitrogens with one attached hydrogen (secondary N) is 1. The van der Waals surface area contributed by atoms with Gasteiger partial charge in [0.15, 0.2) is 0 Å². The molecule has 0 bridgehead atoms. The molecule has 0 unspecified atom stereocenters. The zero-order chi connectivity index (χ0) is 13.5. The van der Waals surface area contributed by atoms with Crippen molar-refractivity contribution in [2.24, 2.45) is 0 Å². The van der Waals surface area contributed by atoms with Crippen LogP contribution < -0.4 is 10.1 Å². The van der Waals surface area contributed by atoms with Crippen molar-refractivity contribution < 1.29 is 4.74 Å². The number of halogens is 1. The van der Waals surface area contributed by atoms with Crippen molar-refractivity contribution >= 4 is 15.9 Å². The van der Waals surface area contributed by atoms with Crippen molar-refractivity contribution in [3.63, 3.8) is 0 Å². The molecule has 2 aromatic carbocycles. The van der Waals surface area contributed by atoms with Crippen LogP contribution >= 0.6 is 15.9 Å². The summed E-state index contributed by atoms with van der Waals surface area (Å²) in [5, 5.41) is 3.44. The van der Waals surface area contributed by atoms with Crippen molar-refractivity contribution in [3.05, 3.63) is 64.1 Å². The summed E-state index contributed by atoms with van der Waals surface area (Å²) in [6, 6.07) is 16.6. The Labute approximate surface area is 122 Å². The number of ether oxygens (including phenoxy) is 1. The van der Waals surface area contributed by atoms with Crippen LogP contribution in [0.5, 0.6) is 5.75 Å². The Balaban J connectivity index is 1.85. The number of hydrogen-bond donors (Lipinski definition) is 1. The predicted molar refractivity (Wildman–Crippen MR) is 82.3 cm³/mol. The van der Waals surface area contributed by atoms with Crippen molar-refractivity contribution in [1.29, 1.82) is 0 Å². The van der Waals surface area contributed by atoms with Crippen molar-refractivity contribution in [2.75, 3.05) is 6.61 Å². The van der Waals surface area contributed by atoms with Gasteiger partial charge in [0.25, 0.3) is 0 Å². The molecular formula is C16H18BrNO. The molecule has 2 nitrogen and oxygen atoms in total. The van der Waals surface area contributed by atoms with Gasteiger partial charge in [-0.05, 0) is 42.3 Å². The second-order valence-corrected chi connectivity index (χ2v) is 5.23. The maximum absolute atomic E-state index is 5.49. The van der Waals surface area contributed by atoms with Gasteiger partial charge in [-0.3, -0.25) is 0 Å². The Bertz CT molecular complexity index is 510. The van der Waals surface area contributed by atoms with Crippen LogP contribution in [0.15, 0.2) is 53.0 Å². The van der Waals surface area contributed by atoms with Gasteiger partial charge in [-0.15, -0.1) is 0 Å². The van der Waals surface area contributed by atoms with Gasteiger partial charge in [-0.1, -0.05) is 40.2 Å². The lowest BCUT2D eigenvalue weighted by Crippen LogP contribution is -2.12. The Morgan fingerprint density at radius 3 is 2.47 bits per heavy atom. The molecular weight excluding hydrogens is 302 g/mol. The highest BCUT2D eigenvalue weighted by molar-refractivity contribution is 9.10. The lowest BCUT2D eigenvalue weighted by atomic mass is 10.2. The van der Waals surface area contributed by atoms with E-state index in [9.17, 15) is 0 Å². The van der Waals surface area contributed by atoms with E-state index >= 15 is 0 Å². The molecule has 0 aliphatic heterocycles. The first-order chi connectivity index (χ1) is 9.28.